The first kappa shape index (κ1) is 18.6. The molecule has 0 saturated carbocycles. The number of halogens is 2. The van der Waals surface area contributed by atoms with E-state index in [1.165, 1.54) is 0 Å². The molecule has 1 atom stereocenters. The van der Waals surface area contributed by atoms with Crippen LogP contribution in [0.3, 0.4) is 0 Å². The fourth-order valence-electron chi connectivity index (χ4n) is 2.39. The van der Waals surface area contributed by atoms with Gasteiger partial charge in [0.25, 0.3) is 0 Å². The monoisotopic (exact) mass is 362 g/mol. The van der Waals surface area contributed by atoms with E-state index < -0.39 is 6.10 Å². The zero-order chi connectivity index (χ0) is 16.1. The normalized spacial score (nSPS) is 11.8. The summed E-state index contributed by atoms with van der Waals surface area (Å²) in [4.78, 5) is 0. The highest BCUT2D eigenvalue weighted by Crippen LogP contribution is 2.24. The summed E-state index contributed by atoms with van der Waals surface area (Å²) in [6.45, 7) is 1.03. The molecule has 24 heavy (non-hydrogen) atoms. The third-order valence-corrected chi connectivity index (χ3v) is 3.83. The molecule has 2 aromatic carbocycles. The molecule has 1 heterocycles. The molecule has 0 radical (unpaired) electrons. The van der Waals surface area contributed by atoms with Gasteiger partial charge in [0.1, 0.15) is 11.5 Å². The molecule has 0 fully saturated rings. The molecule has 0 aliphatic rings. The topological polar surface area (TPSA) is 45.4 Å². The first-order chi connectivity index (χ1) is 11.2. The number of aliphatic hydroxyl groups excluding tert-OH is 1. The van der Waals surface area contributed by atoms with E-state index in [9.17, 15) is 5.11 Å². The molecule has 5 heteroatoms. The first-order valence-corrected chi connectivity index (χ1v) is 7.88. The van der Waals surface area contributed by atoms with E-state index in [0.29, 0.717) is 18.1 Å². The van der Waals surface area contributed by atoms with Crippen LogP contribution >= 0.6 is 11.6 Å². The minimum atomic E-state index is -0.529. The Morgan fingerprint density at radius 2 is 1.79 bits per heavy atom. The Hall–Kier alpha value is -1.78. The van der Waals surface area contributed by atoms with E-state index in [1.54, 1.807) is 0 Å². The quantitative estimate of drug-likeness (QED) is 0.697. The lowest BCUT2D eigenvalue weighted by atomic mass is 10.1. The van der Waals surface area contributed by atoms with Crippen molar-refractivity contribution < 1.29 is 21.9 Å². The SMILES string of the molecule is OC(CNCc1ccc(-c2cccc(Cl)c2)o1)c1ccccc1.[Cl-]. The number of benzene rings is 2. The largest absolute Gasteiger partial charge is 1.00 e. The summed E-state index contributed by atoms with van der Waals surface area (Å²) < 4.78 is 5.81. The van der Waals surface area contributed by atoms with Crippen molar-refractivity contribution in [1.82, 2.24) is 5.32 Å². The van der Waals surface area contributed by atoms with Gasteiger partial charge in [-0.15, -0.1) is 0 Å². The summed E-state index contributed by atoms with van der Waals surface area (Å²) in [6, 6.07) is 21.0. The van der Waals surface area contributed by atoms with Crippen LogP contribution in [0, 0.1) is 0 Å². The summed E-state index contributed by atoms with van der Waals surface area (Å²) in [7, 11) is 0. The van der Waals surface area contributed by atoms with Crippen LogP contribution in [0.25, 0.3) is 11.3 Å². The van der Waals surface area contributed by atoms with Crippen LogP contribution in [0.1, 0.15) is 17.4 Å². The van der Waals surface area contributed by atoms with Crippen molar-refractivity contribution in [1.29, 1.82) is 0 Å². The van der Waals surface area contributed by atoms with Crippen molar-refractivity contribution in [2.45, 2.75) is 12.6 Å². The van der Waals surface area contributed by atoms with Crippen LogP contribution in [0.4, 0.5) is 0 Å². The molecule has 0 bridgehead atoms. The number of hydrogen-bond donors (Lipinski definition) is 2. The third-order valence-electron chi connectivity index (χ3n) is 3.59. The minimum absolute atomic E-state index is 0. The predicted molar refractivity (Wildman–Crippen MR) is 92.3 cm³/mol. The summed E-state index contributed by atoms with van der Waals surface area (Å²) in [6.07, 6.45) is -0.529. The Labute approximate surface area is 152 Å². The van der Waals surface area contributed by atoms with E-state index >= 15 is 0 Å². The lowest BCUT2D eigenvalue weighted by Gasteiger charge is -2.11. The molecular weight excluding hydrogens is 345 g/mol. The van der Waals surface area contributed by atoms with E-state index in [0.717, 1.165) is 22.6 Å². The molecule has 0 amide bonds. The predicted octanol–water partition coefficient (Wildman–Crippen LogP) is 1.43. The van der Waals surface area contributed by atoms with Gasteiger partial charge in [0, 0.05) is 17.1 Å². The van der Waals surface area contributed by atoms with Gasteiger partial charge in [-0.05, 0) is 29.8 Å². The fraction of sp³-hybridized carbons (Fsp3) is 0.158. The minimum Gasteiger partial charge on any atom is -1.00 e. The van der Waals surface area contributed by atoms with E-state index in [1.807, 2.05) is 66.7 Å². The second-order valence-electron chi connectivity index (χ2n) is 5.33. The summed E-state index contributed by atoms with van der Waals surface area (Å²) in [5.41, 5.74) is 1.85. The standard InChI is InChI=1S/C19H18ClNO2.ClH/c20-16-8-4-7-15(11-16)19-10-9-17(23-19)12-21-13-18(22)14-5-2-1-3-6-14;/h1-11,18,21-22H,12-13H2;1H/p-1. The van der Waals surface area contributed by atoms with Gasteiger partial charge in [0.2, 0.25) is 0 Å². The van der Waals surface area contributed by atoms with Crippen molar-refractivity contribution in [3.05, 3.63) is 83.1 Å². The second kappa shape index (κ2) is 8.90. The molecule has 0 saturated heterocycles. The van der Waals surface area contributed by atoms with Gasteiger partial charge in [-0.3, -0.25) is 0 Å². The van der Waals surface area contributed by atoms with Crippen LogP contribution in [0.5, 0.6) is 0 Å². The molecule has 2 N–H and O–H groups in total. The zero-order valence-electron chi connectivity index (χ0n) is 13.0. The van der Waals surface area contributed by atoms with Gasteiger partial charge in [0.05, 0.1) is 12.6 Å². The van der Waals surface area contributed by atoms with Crippen LogP contribution in [0.2, 0.25) is 5.02 Å². The van der Waals surface area contributed by atoms with E-state index in [4.69, 9.17) is 16.0 Å². The number of aliphatic hydroxyl groups is 1. The number of hydrogen-bond acceptors (Lipinski definition) is 3. The molecule has 1 aromatic heterocycles. The third kappa shape index (κ3) is 4.86. The maximum Gasteiger partial charge on any atom is 0.134 e. The van der Waals surface area contributed by atoms with Crippen molar-refractivity contribution in [2.75, 3.05) is 6.54 Å². The molecule has 1 unspecified atom stereocenters. The Morgan fingerprint density at radius 1 is 1.00 bits per heavy atom. The second-order valence-corrected chi connectivity index (χ2v) is 5.77. The summed E-state index contributed by atoms with van der Waals surface area (Å²) in [5.74, 6) is 1.60. The highest BCUT2D eigenvalue weighted by molar-refractivity contribution is 6.30. The Kier molecular flexibility index (Phi) is 6.88. The van der Waals surface area contributed by atoms with Gasteiger partial charge in [-0.1, -0.05) is 54.1 Å². The average molecular weight is 363 g/mol. The lowest BCUT2D eigenvalue weighted by Crippen LogP contribution is -3.00. The zero-order valence-corrected chi connectivity index (χ0v) is 14.5. The number of furan rings is 1. The van der Waals surface area contributed by atoms with Gasteiger partial charge in [-0.2, -0.15) is 0 Å². The maximum atomic E-state index is 10.1. The Balaban J connectivity index is 0.00000208. The molecular formula is C19H18Cl2NO2-. The van der Waals surface area contributed by atoms with Crippen molar-refractivity contribution in [3.63, 3.8) is 0 Å². The van der Waals surface area contributed by atoms with Gasteiger partial charge >= 0.3 is 0 Å². The van der Waals surface area contributed by atoms with Crippen LogP contribution < -0.4 is 17.7 Å². The smallest absolute Gasteiger partial charge is 0.134 e. The number of nitrogens with one attached hydrogen (secondary N) is 1. The van der Waals surface area contributed by atoms with Crippen molar-refractivity contribution in [3.8, 4) is 11.3 Å². The fourth-order valence-corrected chi connectivity index (χ4v) is 2.59. The first-order valence-electron chi connectivity index (χ1n) is 7.51. The Bertz CT molecular complexity index is 759. The lowest BCUT2D eigenvalue weighted by molar-refractivity contribution is -0.00000682. The van der Waals surface area contributed by atoms with Gasteiger partial charge in [0.15, 0.2) is 0 Å². The van der Waals surface area contributed by atoms with Gasteiger partial charge in [-0.25, -0.2) is 0 Å². The number of rotatable bonds is 6. The van der Waals surface area contributed by atoms with Crippen LogP contribution in [0.15, 0.2) is 71.1 Å². The van der Waals surface area contributed by atoms with E-state index in [-0.39, 0.29) is 12.4 Å². The molecule has 3 rings (SSSR count). The average Bonchev–Trinajstić information content (AvgIpc) is 3.04. The molecule has 3 aromatic rings. The molecule has 0 spiro atoms. The van der Waals surface area contributed by atoms with Crippen molar-refractivity contribution >= 4 is 11.6 Å². The molecule has 0 aliphatic heterocycles. The van der Waals surface area contributed by atoms with E-state index in [2.05, 4.69) is 5.32 Å². The summed E-state index contributed by atoms with van der Waals surface area (Å²) in [5, 5.41) is 14.0. The van der Waals surface area contributed by atoms with Gasteiger partial charge < -0.3 is 27.2 Å². The molecule has 0 aliphatic carbocycles. The van der Waals surface area contributed by atoms with Crippen molar-refractivity contribution in [2.24, 2.45) is 0 Å². The highest BCUT2D eigenvalue weighted by atomic mass is 35.5. The maximum absolute atomic E-state index is 10.1. The Morgan fingerprint density at radius 3 is 2.54 bits per heavy atom. The van der Waals surface area contributed by atoms with Crippen LogP contribution in [-0.2, 0) is 6.54 Å². The van der Waals surface area contributed by atoms with Crippen LogP contribution in [-0.4, -0.2) is 11.7 Å². The molecule has 126 valence electrons. The highest BCUT2D eigenvalue weighted by Gasteiger charge is 2.08. The molecule has 3 nitrogen and oxygen atoms in total. The summed E-state index contributed by atoms with van der Waals surface area (Å²) >= 11 is 6.00.